The fraction of sp³-hybridized carbons (Fsp3) is 0.188. The van der Waals surface area contributed by atoms with Crippen molar-refractivity contribution < 1.29 is 18.7 Å². The van der Waals surface area contributed by atoms with Crippen LogP contribution in [-0.2, 0) is 0 Å². The maximum Gasteiger partial charge on any atom is 0.196 e. The number of hydrogen-bond acceptors (Lipinski definition) is 4. The Morgan fingerprint density at radius 3 is 2.24 bits per heavy atom. The summed E-state index contributed by atoms with van der Waals surface area (Å²) in [7, 11) is 2.83. The minimum atomic E-state index is -0.669. The van der Waals surface area contributed by atoms with Gasteiger partial charge in [0.25, 0.3) is 0 Å². The van der Waals surface area contributed by atoms with E-state index in [0.29, 0.717) is 17.0 Å². The van der Waals surface area contributed by atoms with Crippen molar-refractivity contribution in [2.45, 2.75) is 6.92 Å². The van der Waals surface area contributed by atoms with Gasteiger partial charge in [-0.05, 0) is 36.8 Å². The Kier molecular flexibility index (Phi) is 4.12. The lowest BCUT2D eigenvalue weighted by Crippen LogP contribution is -2.07. The molecular formula is C16H16FNO3. The summed E-state index contributed by atoms with van der Waals surface area (Å²) in [4.78, 5) is 12.4. The van der Waals surface area contributed by atoms with Gasteiger partial charge < -0.3 is 15.2 Å². The molecule has 0 bridgehead atoms. The van der Waals surface area contributed by atoms with Crippen LogP contribution >= 0.6 is 0 Å². The number of methoxy groups -OCH3 is 2. The van der Waals surface area contributed by atoms with Gasteiger partial charge in [-0.25, -0.2) is 4.39 Å². The molecule has 0 fully saturated rings. The Bertz CT molecular complexity index is 678. The van der Waals surface area contributed by atoms with Crippen molar-refractivity contribution in [2.24, 2.45) is 0 Å². The van der Waals surface area contributed by atoms with E-state index in [0.717, 1.165) is 11.6 Å². The Balaban J connectivity index is 2.52. The van der Waals surface area contributed by atoms with Crippen LogP contribution < -0.4 is 15.2 Å². The molecule has 4 nitrogen and oxygen atoms in total. The number of carbonyl (C=O) groups excluding carboxylic acids is 1. The van der Waals surface area contributed by atoms with Gasteiger partial charge in [-0.1, -0.05) is 0 Å². The average Bonchev–Trinajstić information content (AvgIpc) is 2.45. The molecule has 21 heavy (non-hydrogen) atoms. The first-order valence-electron chi connectivity index (χ1n) is 6.29. The van der Waals surface area contributed by atoms with Crippen molar-refractivity contribution in [1.82, 2.24) is 0 Å². The highest BCUT2D eigenvalue weighted by atomic mass is 19.1. The number of hydrogen-bond donors (Lipinski definition) is 1. The molecule has 0 radical (unpaired) electrons. The van der Waals surface area contributed by atoms with E-state index >= 15 is 0 Å². The number of anilines is 1. The van der Waals surface area contributed by atoms with Crippen LogP contribution in [0.2, 0.25) is 0 Å². The molecule has 2 rings (SSSR count). The lowest BCUT2D eigenvalue weighted by molar-refractivity contribution is 0.103. The average molecular weight is 289 g/mol. The summed E-state index contributed by atoms with van der Waals surface area (Å²) >= 11 is 0. The fourth-order valence-electron chi connectivity index (χ4n) is 2.13. The first-order chi connectivity index (χ1) is 9.96. The second-order valence-corrected chi connectivity index (χ2v) is 4.65. The van der Waals surface area contributed by atoms with Crippen molar-refractivity contribution in [3.8, 4) is 11.5 Å². The van der Waals surface area contributed by atoms with Gasteiger partial charge in [-0.15, -0.1) is 0 Å². The summed E-state index contributed by atoms with van der Waals surface area (Å²) in [5.41, 5.74) is 7.26. The van der Waals surface area contributed by atoms with Crippen LogP contribution in [0.15, 0.2) is 30.3 Å². The minimum Gasteiger partial charge on any atom is -0.493 e. The number of halogens is 1. The van der Waals surface area contributed by atoms with E-state index in [4.69, 9.17) is 15.2 Å². The van der Waals surface area contributed by atoms with Gasteiger partial charge in [0.2, 0.25) is 0 Å². The molecule has 0 saturated heterocycles. The monoisotopic (exact) mass is 289 g/mol. The SMILES string of the molecule is COc1cc(F)c(C(=O)c2cc(C)cc(N)c2)cc1OC. The molecular weight excluding hydrogens is 273 g/mol. The lowest BCUT2D eigenvalue weighted by Gasteiger charge is -2.11. The Morgan fingerprint density at radius 2 is 1.67 bits per heavy atom. The number of ether oxygens (including phenoxy) is 2. The fourth-order valence-corrected chi connectivity index (χ4v) is 2.13. The molecule has 110 valence electrons. The molecule has 0 aliphatic heterocycles. The second-order valence-electron chi connectivity index (χ2n) is 4.65. The predicted molar refractivity (Wildman–Crippen MR) is 78.5 cm³/mol. The zero-order valence-corrected chi connectivity index (χ0v) is 12.1. The third-order valence-electron chi connectivity index (χ3n) is 3.08. The molecule has 2 N–H and O–H groups in total. The van der Waals surface area contributed by atoms with Crippen LogP contribution in [0.4, 0.5) is 10.1 Å². The van der Waals surface area contributed by atoms with Gasteiger partial charge in [-0.3, -0.25) is 4.79 Å². The van der Waals surface area contributed by atoms with Crippen LogP contribution in [0, 0.1) is 12.7 Å². The van der Waals surface area contributed by atoms with Gasteiger partial charge in [0, 0.05) is 17.3 Å². The lowest BCUT2D eigenvalue weighted by atomic mass is 10.00. The molecule has 0 aromatic heterocycles. The Morgan fingerprint density at radius 1 is 1.05 bits per heavy atom. The number of carbonyl (C=O) groups is 1. The van der Waals surface area contributed by atoms with Crippen LogP contribution in [-0.4, -0.2) is 20.0 Å². The van der Waals surface area contributed by atoms with Gasteiger partial charge in [0.05, 0.1) is 19.8 Å². The predicted octanol–water partition coefficient (Wildman–Crippen LogP) is 2.96. The highest BCUT2D eigenvalue weighted by molar-refractivity contribution is 6.10. The smallest absolute Gasteiger partial charge is 0.196 e. The number of aryl methyl sites for hydroxylation is 1. The normalized spacial score (nSPS) is 10.3. The summed E-state index contributed by atoms with van der Waals surface area (Å²) in [6, 6.07) is 7.38. The van der Waals surface area contributed by atoms with Gasteiger partial charge >= 0.3 is 0 Å². The standard InChI is InChI=1S/C16H16FNO3/c1-9-4-10(6-11(18)5-9)16(19)12-7-14(20-2)15(21-3)8-13(12)17/h4-8H,18H2,1-3H3. The molecule has 2 aromatic carbocycles. The number of ketones is 1. The number of rotatable bonds is 4. The van der Waals surface area contributed by atoms with E-state index in [2.05, 4.69) is 0 Å². The second kappa shape index (κ2) is 5.83. The van der Waals surface area contributed by atoms with Crippen LogP contribution in [0.1, 0.15) is 21.5 Å². The molecule has 0 saturated carbocycles. The largest absolute Gasteiger partial charge is 0.493 e. The van der Waals surface area contributed by atoms with Crippen molar-refractivity contribution in [2.75, 3.05) is 20.0 Å². The van der Waals surface area contributed by atoms with E-state index < -0.39 is 11.6 Å². The van der Waals surface area contributed by atoms with Crippen molar-refractivity contribution in [3.63, 3.8) is 0 Å². The van der Waals surface area contributed by atoms with Gasteiger partial charge in [0.15, 0.2) is 17.3 Å². The zero-order valence-electron chi connectivity index (χ0n) is 12.1. The summed E-state index contributed by atoms with van der Waals surface area (Å²) in [6.45, 7) is 1.82. The molecule has 5 heteroatoms. The first kappa shape index (κ1) is 14.8. The van der Waals surface area contributed by atoms with Crippen LogP contribution in [0.25, 0.3) is 0 Å². The summed E-state index contributed by atoms with van der Waals surface area (Å²) in [5.74, 6) is -0.597. The molecule has 0 atom stereocenters. The van der Waals surface area contributed by atoms with E-state index in [1.165, 1.54) is 26.4 Å². The summed E-state index contributed by atoms with van der Waals surface area (Å²) in [5, 5.41) is 0. The summed E-state index contributed by atoms with van der Waals surface area (Å²) < 4.78 is 24.2. The van der Waals surface area contributed by atoms with Gasteiger partial charge in [0.1, 0.15) is 5.82 Å². The van der Waals surface area contributed by atoms with Crippen LogP contribution in [0.5, 0.6) is 11.5 Å². The van der Waals surface area contributed by atoms with Crippen molar-refractivity contribution in [3.05, 3.63) is 52.8 Å². The molecule has 0 amide bonds. The topological polar surface area (TPSA) is 61.5 Å². The third-order valence-corrected chi connectivity index (χ3v) is 3.08. The maximum atomic E-state index is 14.1. The highest BCUT2D eigenvalue weighted by Gasteiger charge is 2.19. The first-order valence-corrected chi connectivity index (χ1v) is 6.29. The molecule has 2 aromatic rings. The van der Waals surface area contributed by atoms with E-state index in [9.17, 15) is 9.18 Å². The molecule has 0 aliphatic carbocycles. The number of nitrogen functional groups attached to an aromatic ring is 1. The van der Waals surface area contributed by atoms with Crippen molar-refractivity contribution in [1.29, 1.82) is 0 Å². The number of nitrogens with two attached hydrogens (primary N) is 1. The Labute approximate surface area is 122 Å². The van der Waals surface area contributed by atoms with E-state index in [1.54, 1.807) is 12.1 Å². The Hall–Kier alpha value is -2.56. The maximum absolute atomic E-state index is 14.1. The van der Waals surface area contributed by atoms with E-state index in [1.807, 2.05) is 6.92 Å². The minimum absolute atomic E-state index is 0.0855. The zero-order chi connectivity index (χ0) is 15.6. The molecule has 0 spiro atoms. The number of benzene rings is 2. The molecule has 0 heterocycles. The van der Waals surface area contributed by atoms with Gasteiger partial charge in [-0.2, -0.15) is 0 Å². The molecule has 0 aliphatic rings. The summed E-state index contributed by atoms with van der Waals surface area (Å²) in [6.07, 6.45) is 0. The third kappa shape index (κ3) is 2.97. The molecule has 0 unspecified atom stereocenters. The van der Waals surface area contributed by atoms with Crippen molar-refractivity contribution >= 4 is 11.5 Å². The van der Waals surface area contributed by atoms with E-state index in [-0.39, 0.29) is 11.3 Å². The quantitative estimate of drug-likeness (QED) is 0.694. The highest BCUT2D eigenvalue weighted by Crippen LogP contribution is 2.31. The van der Waals surface area contributed by atoms with Crippen LogP contribution in [0.3, 0.4) is 0 Å².